The molecule has 0 aromatic rings. The SMILES string of the molecule is CC(C)OC1CC(N)C1.CC(C)OC1CC(N)C1.Cl.Cl. The average Bonchev–Trinajstić information content (AvgIpc) is 2.12. The van der Waals surface area contributed by atoms with Crippen molar-refractivity contribution in [1.82, 2.24) is 0 Å². The Balaban J connectivity index is 0. The molecule has 4 nitrogen and oxygen atoms in total. The molecule has 0 atom stereocenters. The van der Waals surface area contributed by atoms with Crippen LogP contribution in [-0.4, -0.2) is 36.5 Å². The second kappa shape index (κ2) is 11.0. The number of rotatable bonds is 4. The monoisotopic (exact) mass is 330 g/mol. The molecule has 20 heavy (non-hydrogen) atoms. The number of halogens is 2. The summed E-state index contributed by atoms with van der Waals surface area (Å²) in [4.78, 5) is 0. The maximum Gasteiger partial charge on any atom is 0.0608 e. The van der Waals surface area contributed by atoms with Crippen molar-refractivity contribution < 1.29 is 9.47 Å². The lowest BCUT2D eigenvalue weighted by molar-refractivity contribution is -0.0436. The summed E-state index contributed by atoms with van der Waals surface area (Å²) in [5, 5.41) is 0. The van der Waals surface area contributed by atoms with Crippen molar-refractivity contribution >= 4 is 24.8 Å². The molecule has 2 aliphatic carbocycles. The van der Waals surface area contributed by atoms with Crippen molar-refractivity contribution in [2.45, 2.75) is 89.9 Å². The van der Waals surface area contributed by atoms with E-state index in [-0.39, 0.29) is 24.8 Å². The zero-order valence-electron chi connectivity index (χ0n) is 13.1. The van der Waals surface area contributed by atoms with Gasteiger partial charge in [-0.2, -0.15) is 0 Å². The zero-order valence-corrected chi connectivity index (χ0v) is 14.7. The van der Waals surface area contributed by atoms with Gasteiger partial charge in [0, 0.05) is 12.1 Å². The molecule has 4 N–H and O–H groups in total. The van der Waals surface area contributed by atoms with Gasteiger partial charge in [0.25, 0.3) is 0 Å². The Morgan fingerprint density at radius 1 is 0.700 bits per heavy atom. The quantitative estimate of drug-likeness (QED) is 0.831. The van der Waals surface area contributed by atoms with Crippen molar-refractivity contribution in [3.8, 4) is 0 Å². The summed E-state index contributed by atoms with van der Waals surface area (Å²) >= 11 is 0. The third-order valence-electron chi connectivity index (χ3n) is 3.19. The van der Waals surface area contributed by atoms with Crippen LogP contribution in [0, 0.1) is 0 Å². The first-order chi connectivity index (χ1) is 8.36. The molecule has 0 aromatic heterocycles. The van der Waals surface area contributed by atoms with Gasteiger partial charge in [0.2, 0.25) is 0 Å². The molecule has 2 fully saturated rings. The van der Waals surface area contributed by atoms with Crippen LogP contribution in [0.3, 0.4) is 0 Å². The van der Waals surface area contributed by atoms with E-state index in [2.05, 4.69) is 27.7 Å². The maximum atomic E-state index is 5.56. The molecule has 0 aliphatic heterocycles. The minimum atomic E-state index is 0. The lowest BCUT2D eigenvalue weighted by Gasteiger charge is -2.33. The molecule has 0 amide bonds. The molecule has 0 heterocycles. The van der Waals surface area contributed by atoms with Crippen molar-refractivity contribution in [2.24, 2.45) is 11.5 Å². The van der Waals surface area contributed by atoms with Gasteiger partial charge in [0.05, 0.1) is 24.4 Å². The van der Waals surface area contributed by atoms with Gasteiger partial charge in [-0.3, -0.25) is 0 Å². The van der Waals surface area contributed by atoms with E-state index in [0.29, 0.717) is 36.5 Å². The van der Waals surface area contributed by atoms with Crippen LogP contribution in [0.5, 0.6) is 0 Å². The van der Waals surface area contributed by atoms with E-state index in [1.165, 1.54) is 0 Å². The van der Waals surface area contributed by atoms with E-state index in [1.54, 1.807) is 0 Å². The first kappa shape index (κ1) is 22.7. The van der Waals surface area contributed by atoms with E-state index in [1.807, 2.05) is 0 Å². The average molecular weight is 331 g/mol. The Labute approximate surface area is 136 Å². The molecule has 2 saturated carbocycles. The predicted octanol–water partition coefficient (Wildman–Crippen LogP) is 2.65. The zero-order chi connectivity index (χ0) is 13.7. The summed E-state index contributed by atoms with van der Waals surface area (Å²) in [7, 11) is 0. The third-order valence-corrected chi connectivity index (χ3v) is 3.19. The summed E-state index contributed by atoms with van der Waals surface area (Å²) in [6.07, 6.45) is 5.86. The highest BCUT2D eigenvalue weighted by Crippen LogP contribution is 2.22. The van der Waals surface area contributed by atoms with Crippen LogP contribution in [0.15, 0.2) is 0 Å². The third kappa shape index (κ3) is 9.37. The molecule has 2 rings (SSSR count). The molecule has 0 unspecified atom stereocenters. The largest absolute Gasteiger partial charge is 0.375 e. The van der Waals surface area contributed by atoms with Gasteiger partial charge < -0.3 is 20.9 Å². The van der Waals surface area contributed by atoms with Crippen molar-refractivity contribution in [2.75, 3.05) is 0 Å². The summed E-state index contributed by atoms with van der Waals surface area (Å²) < 4.78 is 11.0. The van der Waals surface area contributed by atoms with Gasteiger partial charge in [-0.05, 0) is 53.4 Å². The van der Waals surface area contributed by atoms with Crippen LogP contribution in [-0.2, 0) is 9.47 Å². The van der Waals surface area contributed by atoms with E-state index in [0.717, 1.165) is 25.7 Å². The summed E-state index contributed by atoms with van der Waals surface area (Å²) in [6.45, 7) is 8.24. The molecule has 0 bridgehead atoms. The molecule has 124 valence electrons. The van der Waals surface area contributed by atoms with Crippen molar-refractivity contribution in [3.63, 3.8) is 0 Å². The van der Waals surface area contributed by atoms with Gasteiger partial charge in [0.1, 0.15) is 0 Å². The Kier molecular flexibility index (Phi) is 12.5. The highest BCUT2D eigenvalue weighted by atomic mass is 35.5. The Morgan fingerprint density at radius 2 is 0.950 bits per heavy atom. The Bertz CT molecular complexity index is 207. The molecule has 0 aromatic carbocycles. The van der Waals surface area contributed by atoms with Crippen molar-refractivity contribution in [3.05, 3.63) is 0 Å². The summed E-state index contributed by atoms with van der Waals surface area (Å²) in [5.74, 6) is 0. The van der Waals surface area contributed by atoms with E-state index in [4.69, 9.17) is 20.9 Å². The summed E-state index contributed by atoms with van der Waals surface area (Å²) in [5.41, 5.74) is 11.1. The van der Waals surface area contributed by atoms with Gasteiger partial charge >= 0.3 is 0 Å². The highest BCUT2D eigenvalue weighted by molar-refractivity contribution is 5.85. The lowest BCUT2D eigenvalue weighted by Crippen LogP contribution is -2.42. The number of hydrogen-bond acceptors (Lipinski definition) is 4. The minimum absolute atomic E-state index is 0. The summed E-state index contributed by atoms with van der Waals surface area (Å²) in [6, 6.07) is 0.822. The van der Waals surface area contributed by atoms with Gasteiger partial charge in [-0.25, -0.2) is 0 Å². The topological polar surface area (TPSA) is 70.5 Å². The maximum absolute atomic E-state index is 5.56. The predicted molar refractivity (Wildman–Crippen MR) is 88.9 cm³/mol. The molecular weight excluding hydrogens is 299 g/mol. The fraction of sp³-hybridized carbons (Fsp3) is 1.00. The molecule has 2 aliphatic rings. The Morgan fingerprint density at radius 3 is 1.10 bits per heavy atom. The van der Waals surface area contributed by atoms with Crippen LogP contribution >= 0.6 is 24.8 Å². The first-order valence-corrected chi connectivity index (χ1v) is 7.18. The van der Waals surface area contributed by atoms with Crippen LogP contribution in [0.2, 0.25) is 0 Å². The molecule has 0 saturated heterocycles. The van der Waals surface area contributed by atoms with E-state index < -0.39 is 0 Å². The normalized spacial score (nSPS) is 31.2. The molecule has 6 heteroatoms. The fourth-order valence-corrected chi connectivity index (χ4v) is 2.20. The van der Waals surface area contributed by atoms with Crippen LogP contribution in [0.25, 0.3) is 0 Å². The first-order valence-electron chi connectivity index (χ1n) is 7.18. The second-order valence-electron chi connectivity index (χ2n) is 6.08. The van der Waals surface area contributed by atoms with Crippen LogP contribution in [0.4, 0.5) is 0 Å². The molecule has 0 radical (unpaired) electrons. The number of hydrogen-bond donors (Lipinski definition) is 2. The van der Waals surface area contributed by atoms with E-state index >= 15 is 0 Å². The Hall–Kier alpha value is 0.420. The van der Waals surface area contributed by atoms with Gasteiger partial charge in [-0.1, -0.05) is 0 Å². The lowest BCUT2D eigenvalue weighted by atomic mass is 9.90. The minimum Gasteiger partial charge on any atom is -0.375 e. The van der Waals surface area contributed by atoms with Crippen LogP contribution in [0.1, 0.15) is 53.4 Å². The second-order valence-corrected chi connectivity index (χ2v) is 6.08. The molecule has 0 spiro atoms. The fourth-order valence-electron chi connectivity index (χ4n) is 2.20. The van der Waals surface area contributed by atoms with Gasteiger partial charge in [-0.15, -0.1) is 24.8 Å². The number of nitrogens with two attached hydrogens (primary N) is 2. The molecular formula is C14H32Cl2N2O2. The number of ether oxygens (including phenoxy) is 2. The van der Waals surface area contributed by atoms with Crippen LogP contribution < -0.4 is 11.5 Å². The van der Waals surface area contributed by atoms with Gasteiger partial charge in [0.15, 0.2) is 0 Å². The highest BCUT2D eigenvalue weighted by Gasteiger charge is 2.27. The van der Waals surface area contributed by atoms with Crippen molar-refractivity contribution in [1.29, 1.82) is 0 Å². The smallest absolute Gasteiger partial charge is 0.0608 e. The standard InChI is InChI=1S/2C7H15NO.2ClH/c2*1-5(2)9-7-3-6(8)4-7;;/h2*5-7H,3-4,8H2,1-2H3;2*1H. The van der Waals surface area contributed by atoms with E-state index in [9.17, 15) is 0 Å².